The SMILES string of the molecule is CC(=O)N1CC(C)(C)c2ccc(N3CN(Cc4ccnc(N)n4)C(C)(C)C3C(=O)C=O)cc21. The zero-order valence-electron chi connectivity index (χ0n) is 19.7. The summed E-state index contributed by atoms with van der Waals surface area (Å²) in [6.07, 6.45) is 2.00. The number of hydrogen-bond donors (Lipinski definition) is 1. The molecule has 9 heteroatoms. The van der Waals surface area contributed by atoms with Crippen molar-refractivity contribution in [1.29, 1.82) is 0 Å². The Hall–Kier alpha value is -3.33. The summed E-state index contributed by atoms with van der Waals surface area (Å²) in [6.45, 7) is 11.1. The molecule has 174 valence electrons. The molecular formula is C24H30N6O3. The minimum atomic E-state index is -0.688. The van der Waals surface area contributed by atoms with Gasteiger partial charge in [-0.1, -0.05) is 19.9 Å². The number of ketones is 1. The molecule has 1 unspecified atom stereocenters. The van der Waals surface area contributed by atoms with Gasteiger partial charge in [0.15, 0.2) is 6.29 Å². The fourth-order valence-corrected chi connectivity index (χ4v) is 5.09. The molecule has 3 heterocycles. The zero-order valence-corrected chi connectivity index (χ0v) is 19.7. The highest BCUT2D eigenvalue weighted by atomic mass is 16.2. The average Bonchev–Trinajstić information content (AvgIpc) is 3.17. The van der Waals surface area contributed by atoms with Gasteiger partial charge in [0.05, 0.1) is 12.4 Å². The van der Waals surface area contributed by atoms with Gasteiger partial charge in [0.25, 0.3) is 0 Å². The monoisotopic (exact) mass is 450 g/mol. The molecule has 9 nitrogen and oxygen atoms in total. The summed E-state index contributed by atoms with van der Waals surface area (Å²) in [6, 6.07) is 7.05. The van der Waals surface area contributed by atoms with Crippen molar-refractivity contribution in [2.45, 2.75) is 58.2 Å². The van der Waals surface area contributed by atoms with Gasteiger partial charge >= 0.3 is 0 Å². The fraction of sp³-hybridized carbons (Fsp3) is 0.458. The number of hydrogen-bond acceptors (Lipinski definition) is 8. The van der Waals surface area contributed by atoms with Crippen molar-refractivity contribution in [1.82, 2.24) is 14.9 Å². The molecule has 4 rings (SSSR count). The van der Waals surface area contributed by atoms with Crippen molar-refractivity contribution in [3.8, 4) is 0 Å². The summed E-state index contributed by atoms with van der Waals surface area (Å²) in [5.74, 6) is -0.328. The van der Waals surface area contributed by atoms with Gasteiger partial charge in [-0.2, -0.15) is 0 Å². The van der Waals surface area contributed by atoms with Gasteiger partial charge < -0.3 is 15.5 Å². The highest BCUT2D eigenvalue weighted by Gasteiger charge is 2.50. The van der Waals surface area contributed by atoms with Gasteiger partial charge in [0, 0.05) is 48.5 Å². The van der Waals surface area contributed by atoms with Crippen LogP contribution in [0.15, 0.2) is 30.5 Å². The lowest BCUT2D eigenvalue weighted by Gasteiger charge is -2.34. The van der Waals surface area contributed by atoms with E-state index in [1.54, 1.807) is 24.1 Å². The third-order valence-corrected chi connectivity index (χ3v) is 6.86. The van der Waals surface area contributed by atoms with Gasteiger partial charge in [-0.25, -0.2) is 9.97 Å². The molecule has 1 aromatic carbocycles. The Balaban J connectivity index is 1.74. The Morgan fingerprint density at radius 3 is 2.58 bits per heavy atom. The summed E-state index contributed by atoms with van der Waals surface area (Å²) >= 11 is 0. The number of fused-ring (bicyclic) bond motifs is 1. The smallest absolute Gasteiger partial charge is 0.223 e. The minimum absolute atomic E-state index is 0.0239. The lowest BCUT2D eigenvalue weighted by atomic mass is 9.86. The highest BCUT2D eigenvalue weighted by molar-refractivity contribution is 6.29. The van der Waals surface area contributed by atoms with E-state index in [2.05, 4.69) is 28.7 Å². The number of amides is 1. The lowest BCUT2D eigenvalue weighted by molar-refractivity contribution is -0.131. The second-order valence-corrected chi connectivity index (χ2v) is 9.98. The number of carbonyl (C=O) groups excluding carboxylic acids is 3. The van der Waals surface area contributed by atoms with Gasteiger partial charge in [0.1, 0.15) is 6.04 Å². The Kier molecular flexibility index (Phi) is 5.48. The zero-order chi connectivity index (χ0) is 24.1. The van der Waals surface area contributed by atoms with Crippen molar-refractivity contribution in [2.75, 3.05) is 28.7 Å². The molecule has 33 heavy (non-hydrogen) atoms. The lowest BCUT2D eigenvalue weighted by Crippen LogP contribution is -2.51. The first-order valence-electron chi connectivity index (χ1n) is 11.0. The van der Waals surface area contributed by atoms with E-state index in [-0.39, 0.29) is 17.3 Å². The number of nitrogens with two attached hydrogens (primary N) is 1. The number of benzene rings is 1. The van der Waals surface area contributed by atoms with E-state index < -0.39 is 17.4 Å². The molecule has 0 aliphatic carbocycles. The molecule has 0 spiro atoms. The summed E-state index contributed by atoms with van der Waals surface area (Å²) in [5, 5.41) is 0. The number of rotatable bonds is 5. The van der Waals surface area contributed by atoms with Gasteiger partial charge in [-0.15, -0.1) is 0 Å². The number of carbonyl (C=O) groups is 3. The molecule has 2 aliphatic rings. The van der Waals surface area contributed by atoms with E-state index in [0.29, 0.717) is 26.0 Å². The maximum Gasteiger partial charge on any atom is 0.223 e. The molecule has 0 saturated carbocycles. The van der Waals surface area contributed by atoms with E-state index in [1.165, 1.54) is 0 Å². The van der Waals surface area contributed by atoms with Crippen LogP contribution in [-0.2, 0) is 26.3 Å². The highest BCUT2D eigenvalue weighted by Crippen LogP contribution is 2.44. The standard InChI is InChI=1S/C24H30N6O3/c1-15(32)29-13-23(2,3)18-7-6-17(10-19(18)29)30-14-28(11-16-8-9-26-22(25)27-16)24(4,5)21(30)20(33)12-31/h6-10,12,21H,11,13-14H2,1-5H3,(H2,25,26,27). The quantitative estimate of drug-likeness (QED) is 0.543. The summed E-state index contributed by atoms with van der Waals surface area (Å²) in [5.41, 5.74) is 8.38. The molecule has 1 fully saturated rings. The van der Waals surface area contributed by atoms with Crippen LogP contribution in [0.3, 0.4) is 0 Å². The maximum absolute atomic E-state index is 12.8. The third-order valence-electron chi connectivity index (χ3n) is 6.86. The molecule has 1 atom stereocenters. The van der Waals surface area contributed by atoms with Crippen LogP contribution in [0.5, 0.6) is 0 Å². The van der Waals surface area contributed by atoms with Crippen LogP contribution in [-0.4, -0.2) is 57.6 Å². The van der Waals surface area contributed by atoms with Gasteiger partial charge in [-0.3, -0.25) is 19.3 Å². The van der Waals surface area contributed by atoms with E-state index in [0.717, 1.165) is 22.6 Å². The van der Waals surface area contributed by atoms with Crippen LogP contribution in [0.25, 0.3) is 0 Å². The first-order valence-corrected chi connectivity index (χ1v) is 11.0. The summed E-state index contributed by atoms with van der Waals surface area (Å²) in [4.78, 5) is 50.8. The van der Waals surface area contributed by atoms with Crippen LogP contribution >= 0.6 is 0 Å². The van der Waals surface area contributed by atoms with Crippen molar-refractivity contribution >= 4 is 35.3 Å². The molecular weight excluding hydrogens is 420 g/mol. The normalized spacial score (nSPS) is 21.2. The first kappa shape index (κ1) is 22.8. The van der Waals surface area contributed by atoms with E-state index in [4.69, 9.17) is 5.73 Å². The van der Waals surface area contributed by atoms with Crippen LogP contribution in [0, 0.1) is 0 Å². The maximum atomic E-state index is 12.8. The van der Waals surface area contributed by atoms with Crippen LogP contribution in [0.4, 0.5) is 17.3 Å². The van der Waals surface area contributed by atoms with Crippen molar-refractivity contribution in [2.24, 2.45) is 0 Å². The third kappa shape index (κ3) is 3.86. The number of Topliss-reactive ketones (excluding diaryl/α,β-unsaturated/α-hetero) is 1. The second-order valence-electron chi connectivity index (χ2n) is 9.98. The number of nitrogens with zero attached hydrogens (tertiary/aromatic N) is 5. The Morgan fingerprint density at radius 2 is 1.94 bits per heavy atom. The Morgan fingerprint density at radius 1 is 1.21 bits per heavy atom. The predicted molar refractivity (Wildman–Crippen MR) is 126 cm³/mol. The molecule has 2 N–H and O–H groups in total. The van der Waals surface area contributed by atoms with Crippen LogP contribution in [0.2, 0.25) is 0 Å². The molecule has 1 aromatic heterocycles. The molecule has 1 amide bonds. The summed E-state index contributed by atoms with van der Waals surface area (Å²) in [7, 11) is 0. The Bertz CT molecular complexity index is 1130. The average molecular weight is 451 g/mol. The van der Waals surface area contributed by atoms with Gasteiger partial charge in [0.2, 0.25) is 17.6 Å². The topological polar surface area (TPSA) is 113 Å². The Labute approximate surface area is 193 Å². The molecule has 0 radical (unpaired) electrons. The molecule has 1 saturated heterocycles. The van der Waals surface area contributed by atoms with Gasteiger partial charge in [-0.05, 0) is 37.6 Å². The van der Waals surface area contributed by atoms with Crippen molar-refractivity contribution < 1.29 is 14.4 Å². The second kappa shape index (κ2) is 7.91. The predicted octanol–water partition coefficient (Wildman–Crippen LogP) is 1.90. The number of aromatic nitrogens is 2. The van der Waals surface area contributed by atoms with Crippen LogP contribution < -0.4 is 15.5 Å². The fourth-order valence-electron chi connectivity index (χ4n) is 5.09. The number of anilines is 3. The number of aldehydes is 1. The van der Waals surface area contributed by atoms with E-state index >= 15 is 0 Å². The van der Waals surface area contributed by atoms with Crippen LogP contribution in [0.1, 0.15) is 45.9 Å². The number of nitrogen functional groups attached to an aromatic ring is 1. The van der Waals surface area contributed by atoms with Crippen molar-refractivity contribution in [3.63, 3.8) is 0 Å². The van der Waals surface area contributed by atoms with Crippen molar-refractivity contribution in [3.05, 3.63) is 41.7 Å². The molecule has 2 aliphatic heterocycles. The van der Waals surface area contributed by atoms with E-state index in [1.807, 2.05) is 36.9 Å². The molecule has 2 aromatic rings. The minimum Gasteiger partial charge on any atom is -0.368 e. The summed E-state index contributed by atoms with van der Waals surface area (Å²) < 4.78 is 0. The molecule has 0 bridgehead atoms. The van der Waals surface area contributed by atoms with E-state index in [9.17, 15) is 14.4 Å². The first-order chi connectivity index (χ1) is 15.5. The largest absolute Gasteiger partial charge is 0.368 e.